The molecule has 0 saturated carbocycles. The molecule has 4 rings (SSSR count). The Labute approximate surface area is 299 Å². The summed E-state index contributed by atoms with van der Waals surface area (Å²) in [6, 6.07) is 19.3. The summed E-state index contributed by atoms with van der Waals surface area (Å²) in [5.74, 6) is 0.939. The van der Waals surface area contributed by atoms with Gasteiger partial charge in [-0.3, -0.25) is 4.68 Å². The second-order valence-electron chi connectivity index (χ2n) is 15.6. The summed E-state index contributed by atoms with van der Waals surface area (Å²) < 4.78 is 12.7. The van der Waals surface area contributed by atoms with E-state index in [0.29, 0.717) is 18.3 Å². The largest absolute Gasteiger partial charge is 0.449 e. The van der Waals surface area contributed by atoms with Crippen molar-refractivity contribution in [2.24, 2.45) is 5.92 Å². The first kappa shape index (κ1) is 39.0. The van der Waals surface area contributed by atoms with Gasteiger partial charge in [0.2, 0.25) is 0 Å². The number of rotatable bonds is 15. The molecule has 0 unspecified atom stereocenters. The molecule has 10 nitrogen and oxygen atoms in total. The molecular weight excluding hydrogens is 630 g/mol. The van der Waals surface area contributed by atoms with Crippen LogP contribution in [0.25, 0.3) is 0 Å². The summed E-state index contributed by atoms with van der Waals surface area (Å²) in [6.45, 7) is 15.1. The Kier molecular flexibility index (Phi) is 14.0. The summed E-state index contributed by atoms with van der Waals surface area (Å²) in [7, 11) is 0. The van der Waals surface area contributed by atoms with Crippen molar-refractivity contribution in [1.82, 2.24) is 24.6 Å². The van der Waals surface area contributed by atoms with Crippen LogP contribution in [0.3, 0.4) is 0 Å². The van der Waals surface area contributed by atoms with Gasteiger partial charge in [0, 0.05) is 12.1 Å². The van der Waals surface area contributed by atoms with Gasteiger partial charge in [0.15, 0.2) is 11.4 Å². The number of amides is 2. The highest BCUT2D eigenvalue weighted by Gasteiger charge is 2.38. The monoisotopic (exact) mass is 689 g/mol. The second kappa shape index (κ2) is 17.9. The normalized spacial score (nSPS) is 14.8. The number of aliphatic hydroxyl groups is 1. The van der Waals surface area contributed by atoms with E-state index in [9.17, 15) is 14.7 Å². The van der Waals surface area contributed by atoms with Crippen molar-refractivity contribution in [1.29, 1.82) is 0 Å². The van der Waals surface area contributed by atoms with Crippen LogP contribution in [0, 0.1) is 5.92 Å². The molecule has 0 radical (unpaired) electrons. The van der Waals surface area contributed by atoms with Gasteiger partial charge in [0.25, 0.3) is 0 Å². The molecule has 2 heterocycles. The maximum absolute atomic E-state index is 12.7. The molecule has 1 N–H and O–H groups in total. The van der Waals surface area contributed by atoms with E-state index >= 15 is 0 Å². The zero-order chi connectivity index (χ0) is 36.2. The van der Waals surface area contributed by atoms with Crippen molar-refractivity contribution in [3.05, 3.63) is 83.9 Å². The smallest absolute Gasteiger partial charge is 0.420 e. The number of hydrogen-bond acceptors (Lipinski definition) is 8. The fraction of sp³-hybridized carbons (Fsp3) is 0.600. The Morgan fingerprint density at radius 1 is 0.800 bits per heavy atom. The third-order valence-electron chi connectivity index (χ3n) is 9.17. The first-order valence-corrected chi connectivity index (χ1v) is 18.4. The number of unbranched alkanes of at least 4 members (excludes halogenated alkanes) is 6. The molecule has 0 aliphatic carbocycles. The minimum atomic E-state index is -1.41. The molecule has 0 spiro atoms. The number of aromatic nitrogens is 3. The maximum Gasteiger partial charge on any atom is 0.420 e. The summed E-state index contributed by atoms with van der Waals surface area (Å²) in [4.78, 5) is 33.5. The minimum Gasteiger partial charge on any atom is -0.449 e. The van der Waals surface area contributed by atoms with Crippen molar-refractivity contribution in [3.8, 4) is 0 Å². The molecule has 1 saturated heterocycles. The highest BCUT2D eigenvalue weighted by molar-refractivity contribution is 5.89. The second-order valence-corrected chi connectivity index (χ2v) is 15.6. The number of carbonyl (C=O) groups is 2. The lowest BCUT2D eigenvalue weighted by Crippen LogP contribution is -2.51. The zero-order valence-corrected chi connectivity index (χ0v) is 31.1. The van der Waals surface area contributed by atoms with Crippen LogP contribution in [0.4, 0.5) is 9.59 Å². The van der Waals surface area contributed by atoms with Crippen LogP contribution < -0.4 is 0 Å². The molecule has 274 valence electrons. The number of nitrogens with zero attached hydrogens (tertiary/aromatic N) is 5. The van der Waals surface area contributed by atoms with E-state index in [4.69, 9.17) is 14.6 Å². The number of carbonyl (C=O) groups excluding carboxylic acids is 2. The van der Waals surface area contributed by atoms with Gasteiger partial charge in [0.1, 0.15) is 11.9 Å². The van der Waals surface area contributed by atoms with Gasteiger partial charge < -0.3 is 19.5 Å². The first-order chi connectivity index (χ1) is 23.8. The van der Waals surface area contributed by atoms with Crippen LogP contribution >= 0.6 is 0 Å². The van der Waals surface area contributed by atoms with Gasteiger partial charge >= 0.3 is 12.2 Å². The zero-order valence-electron chi connectivity index (χ0n) is 31.1. The number of piperidine rings is 1. The molecule has 0 bridgehead atoms. The van der Waals surface area contributed by atoms with Crippen LogP contribution in [-0.2, 0) is 21.6 Å². The van der Waals surface area contributed by atoms with E-state index in [1.54, 1.807) is 47.9 Å². The van der Waals surface area contributed by atoms with Gasteiger partial charge in [-0.25, -0.2) is 19.5 Å². The van der Waals surface area contributed by atoms with Crippen molar-refractivity contribution in [2.75, 3.05) is 26.2 Å². The van der Waals surface area contributed by atoms with Crippen molar-refractivity contribution >= 4 is 12.2 Å². The van der Waals surface area contributed by atoms with Crippen molar-refractivity contribution in [3.63, 3.8) is 0 Å². The predicted molar refractivity (Wildman–Crippen MR) is 196 cm³/mol. The van der Waals surface area contributed by atoms with Gasteiger partial charge in [0.05, 0.1) is 6.61 Å². The molecule has 1 aliphatic heterocycles. The van der Waals surface area contributed by atoms with Gasteiger partial charge in [-0.15, -0.1) is 0 Å². The Bertz CT molecular complexity index is 1420. The van der Waals surface area contributed by atoms with E-state index in [-0.39, 0.29) is 0 Å². The van der Waals surface area contributed by atoms with Crippen LogP contribution in [0.2, 0.25) is 0 Å². The van der Waals surface area contributed by atoms with E-state index in [2.05, 4.69) is 9.88 Å². The highest BCUT2D eigenvalue weighted by atomic mass is 16.6. The Morgan fingerprint density at radius 2 is 1.34 bits per heavy atom. The van der Waals surface area contributed by atoms with Crippen molar-refractivity contribution < 1.29 is 24.2 Å². The van der Waals surface area contributed by atoms with Gasteiger partial charge in [-0.1, -0.05) is 92.8 Å². The molecule has 1 aliphatic rings. The molecule has 50 heavy (non-hydrogen) atoms. The van der Waals surface area contributed by atoms with Gasteiger partial charge in [-0.05, 0) is 104 Å². The number of benzene rings is 2. The van der Waals surface area contributed by atoms with Crippen molar-refractivity contribution in [2.45, 2.75) is 123 Å². The third kappa shape index (κ3) is 11.4. The van der Waals surface area contributed by atoms with Crippen LogP contribution in [0.5, 0.6) is 0 Å². The topological polar surface area (TPSA) is 110 Å². The fourth-order valence-corrected chi connectivity index (χ4v) is 6.46. The van der Waals surface area contributed by atoms with E-state index in [0.717, 1.165) is 74.3 Å². The van der Waals surface area contributed by atoms with E-state index < -0.39 is 28.9 Å². The average molecular weight is 690 g/mol. The minimum absolute atomic E-state index is 0.297. The van der Waals surface area contributed by atoms with Crippen LogP contribution in [0.15, 0.2) is 67.0 Å². The Hall–Kier alpha value is -3.76. The number of hydrogen-bond donors (Lipinski definition) is 1. The molecule has 1 aromatic heterocycles. The number of ether oxygens (including phenoxy) is 2. The SMILES string of the molecule is CC(C)(C)OC(=O)N(C(=O)OCCCCCCCCCN1CCC(Cn2cnc(C(O)(c3ccccc3)c3ccccc3)n2)CC1)C(C)(C)C. The predicted octanol–water partition coefficient (Wildman–Crippen LogP) is 8.18. The quantitative estimate of drug-likeness (QED) is 0.159. The lowest BCUT2D eigenvalue weighted by molar-refractivity contribution is 0.00420. The first-order valence-electron chi connectivity index (χ1n) is 18.4. The lowest BCUT2D eigenvalue weighted by Gasteiger charge is -2.34. The summed E-state index contributed by atoms with van der Waals surface area (Å²) in [5.41, 5.74) is -1.34. The Morgan fingerprint density at radius 3 is 1.88 bits per heavy atom. The Balaban J connectivity index is 1.09. The maximum atomic E-state index is 12.7. The van der Waals surface area contributed by atoms with E-state index in [1.807, 2.05) is 65.3 Å². The van der Waals surface area contributed by atoms with E-state index in [1.165, 1.54) is 25.7 Å². The lowest BCUT2D eigenvalue weighted by atomic mass is 9.86. The summed E-state index contributed by atoms with van der Waals surface area (Å²) in [6.07, 6.45) is 10.4. The standard InChI is InChI=1S/C40H59N5O5/c1-38(2,3)45(37(47)50-39(4,5)6)36(46)49-29-19-11-9-7-8-10-18-26-43-27-24-32(25-28-43)30-44-31-41-35(42-44)40(48,33-20-14-12-15-21-33)34-22-16-13-17-23-34/h12-17,20-23,31-32,48H,7-11,18-19,24-30H2,1-6H3. The molecule has 10 heteroatoms. The number of imide groups is 1. The number of likely N-dealkylation sites (tertiary alicyclic amines) is 1. The third-order valence-corrected chi connectivity index (χ3v) is 9.17. The summed E-state index contributed by atoms with van der Waals surface area (Å²) >= 11 is 0. The molecule has 2 amide bonds. The highest BCUT2D eigenvalue weighted by Crippen LogP contribution is 2.34. The van der Waals surface area contributed by atoms with Crippen LogP contribution in [-0.4, -0.2) is 79.2 Å². The average Bonchev–Trinajstić information content (AvgIpc) is 3.54. The summed E-state index contributed by atoms with van der Waals surface area (Å²) in [5, 5.41) is 16.8. The molecule has 3 aromatic rings. The molecular formula is C40H59N5O5. The van der Waals surface area contributed by atoms with Crippen LogP contribution in [0.1, 0.15) is 116 Å². The molecule has 1 fully saturated rings. The molecule has 0 atom stereocenters. The fourth-order valence-electron chi connectivity index (χ4n) is 6.46. The molecule has 2 aromatic carbocycles. The van der Waals surface area contributed by atoms with Gasteiger partial charge in [-0.2, -0.15) is 5.10 Å².